The van der Waals surface area contributed by atoms with Crippen molar-refractivity contribution in [3.05, 3.63) is 70.8 Å². The lowest BCUT2D eigenvalue weighted by atomic mass is 10.2. The van der Waals surface area contributed by atoms with Crippen LogP contribution < -0.4 is 10.6 Å². The lowest BCUT2D eigenvalue weighted by Gasteiger charge is -2.07. The van der Waals surface area contributed by atoms with Gasteiger partial charge in [0.15, 0.2) is 0 Å². The van der Waals surface area contributed by atoms with E-state index in [0.717, 1.165) is 5.56 Å². The molecule has 0 spiro atoms. The molecule has 0 aliphatic heterocycles. The summed E-state index contributed by atoms with van der Waals surface area (Å²) in [6.45, 7) is 2.47. The Hall–Kier alpha value is -3.12. The number of hydrogen-bond donors (Lipinski definition) is 2. The maximum Gasteiger partial charge on any atom is 0.330 e. The minimum absolute atomic E-state index is 0.138. The molecule has 2 aromatic carbocycles. The third-order valence-electron chi connectivity index (χ3n) is 3.87. The van der Waals surface area contributed by atoms with Gasteiger partial charge in [0.2, 0.25) is 5.91 Å². The van der Waals surface area contributed by atoms with E-state index in [4.69, 9.17) is 16.3 Å². The van der Waals surface area contributed by atoms with Gasteiger partial charge in [-0.2, -0.15) is 0 Å². The Labute approximate surface area is 174 Å². The van der Waals surface area contributed by atoms with Crippen LogP contribution in [0.3, 0.4) is 0 Å². The van der Waals surface area contributed by atoms with Gasteiger partial charge in [0.05, 0.1) is 6.61 Å². The molecule has 2 amide bonds. The molecule has 0 heterocycles. The van der Waals surface area contributed by atoms with Gasteiger partial charge in [0.25, 0.3) is 5.91 Å². The van der Waals surface area contributed by atoms with Crippen molar-refractivity contribution in [2.45, 2.75) is 19.8 Å². The zero-order valence-corrected chi connectivity index (χ0v) is 16.9. The maximum absolute atomic E-state index is 12.0. The van der Waals surface area contributed by atoms with E-state index in [2.05, 4.69) is 10.6 Å². The van der Waals surface area contributed by atoms with Crippen LogP contribution in [-0.2, 0) is 14.3 Å². The van der Waals surface area contributed by atoms with E-state index in [-0.39, 0.29) is 18.2 Å². The minimum atomic E-state index is -0.395. The van der Waals surface area contributed by atoms with Gasteiger partial charge >= 0.3 is 5.97 Å². The van der Waals surface area contributed by atoms with Crippen LogP contribution in [0.4, 0.5) is 5.69 Å². The van der Waals surface area contributed by atoms with Gasteiger partial charge < -0.3 is 15.4 Å². The Morgan fingerprint density at radius 1 is 1.03 bits per heavy atom. The van der Waals surface area contributed by atoms with Gasteiger partial charge in [0.1, 0.15) is 0 Å². The molecule has 0 saturated carbocycles. The van der Waals surface area contributed by atoms with Gasteiger partial charge in [-0.15, -0.1) is 0 Å². The highest BCUT2D eigenvalue weighted by atomic mass is 35.5. The van der Waals surface area contributed by atoms with E-state index in [1.807, 2.05) is 0 Å². The first-order valence-electron chi connectivity index (χ1n) is 9.26. The van der Waals surface area contributed by atoms with Crippen LogP contribution >= 0.6 is 11.6 Å². The second kappa shape index (κ2) is 11.7. The highest BCUT2D eigenvalue weighted by Gasteiger charge is 2.06. The highest BCUT2D eigenvalue weighted by Crippen LogP contribution is 2.12. The van der Waals surface area contributed by atoms with Gasteiger partial charge in [0, 0.05) is 35.3 Å². The summed E-state index contributed by atoms with van der Waals surface area (Å²) in [5, 5.41) is 6.14. The van der Waals surface area contributed by atoms with Crippen LogP contribution in [0, 0.1) is 0 Å². The third kappa shape index (κ3) is 8.19. The molecule has 0 aliphatic carbocycles. The first kappa shape index (κ1) is 22.2. The Bertz CT molecular complexity index is 861. The number of carbonyl (C=O) groups excluding carboxylic acids is 3. The summed E-state index contributed by atoms with van der Waals surface area (Å²) in [5.41, 5.74) is 2.00. The zero-order valence-electron chi connectivity index (χ0n) is 16.1. The Balaban J connectivity index is 1.70. The van der Waals surface area contributed by atoms with Crippen molar-refractivity contribution < 1.29 is 19.1 Å². The number of ether oxygens (including phenoxy) is 1. The van der Waals surface area contributed by atoms with E-state index in [0.29, 0.717) is 35.8 Å². The summed E-state index contributed by atoms with van der Waals surface area (Å²) in [6.07, 6.45) is 3.80. The molecule has 0 saturated heterocycles. The smallest absolute Gasteiger partial charge is 0.330 e. The minimum Gasteiger partial charge on any atom is -0.463 e. The molecular weight excluding hydrogens is 392 g/mol. The molecule has 0 aliphatic rings. The zero-order chi connectivity index (χ0) is 21.1. The fraction of sp³-hybridized carbons (Fsp3) is 0.227. The number of hydrogen-bond acceptors (Lipinski definition) is 4. The Morgan fingerprint density at radius 2 is 1.72 bits per heavy atom. The maximum atomic E-state index is 12.0. The third-order valence-corrected chi connectivity index (χ3v) is 4.12. The van der Waals surface area contributed by atoms with Crippen LogP contribution in [0.5, 0.6) is 0 Å². The molecule has 2 N–H and O–H groups in total. The summed E-state index contributed by atoms with van der Waals surface area (Å²) >= 11 is 5.79. The Kier molecular flexibility index (Phi) is 8.92. The summed E-state index contributed by atoms with van der Waals surface area (Å²) in [7, 11) is 0. The monoisotopic (exact) mass is 414 g/mol. The summed E-state index contributed by atoms with van der Waals surface area (Å²) in [5.74, 6) is -0.734. The molecular formula is C22H23ClN2O4. The number of esters is 1. The number of nitrogens with one attached hydrogen (secondary N) is 2. The molecule has 0 unspecified atom stereocenters. The van der Waals surface area contributed by atoms with Crippen molar-refractivity contribution in [1.82, 2.24) is 5.32 Å². The quantitative estimate of drug-likeness (QED) is 0.368. The van der Waals surface area contributed by atoms with Crippen LogP contribution in [0.1, 0.15) is 35.7 Å². The molecule has 6 nitrogen and oxygen atoms in total. The van der Waals surface area contributed by atoms with E-state index in [9.17, 15) is 14.4 Å². The molecule has 7 heteroatoms. The van der Waals surface area contributed by atoms with Gasteiger partial charge in [-0.25, -0.2) is 4.79 Å². The number of rotatable bonds is 9. The molecule has 2 rings (SSSR count). The normalized spacial score (nSPS) is 10.6. The van der Waals surface area contributed by atoms with Crippen LogP contribution in [-0.4, -0.2) is 30.9 Å². The van der Waals surface area contributed by atoms with Crippen molar-refractivity contribution in [3.63, 3.8) is 0 Å². The van der Waals surface area contributed by atoms with Crippen molar-refractivity contribution in [1.29, 1.82) is 0 Å². The van der Waals surface area contributed by atoms with Crippen molar-refractivity contribution in [2.75, 3.05) is 18.5 Å². The molecule has 0 radical (unpaired) electrons. The largest absolute Gasteiger partial charge is 0.463 e. The van der Waals surface area contributed by atoms with Crippen LogP contribution in [0.15, 0.2) is 54.6 Å². The molecule has 29 heavy (non-hydrogen) atoms. The van der Waals surface area contributed by atoms with Gasteiger partial charge in [-0.3, -0.25) is 9.59 Å². The average Bonchev–Trinajstić information content (AvgIpc) is 2.71. The lowest BCUT2D eigenvalue weighted by molar-refractivity contribution is -0.137. The van der Waals surface area contributed by atoms with E-state index >= 15 is 0 Å². The molecule has 0 aromatic heterocycles. The summed E-state index contributed by atoms with van der Waals surface area (Å²) in [4.78, 5) is 35.3. The van der Waals surface area contributed by atoms with E-state index in [1.165, 1.54) is 6.08 Å². The molecule has 152 valence electrons. The molecule has 2 aromatic rings. The predicted molar refractivity (Wildman–Crippen MR) is 114 cm³/mol. The van der Waals surface area contributed by atoms with Crippen LogP contribution in [0.2, 0.25) is 5.02 Å². The molecule has 0 atom stereocenters. The molecule has 0 bridgehead atoms. The topological polar surface area (TPSA) is 84.5 Å². The predicted octanol–water partition coefficient (Wildman–Crippen LogP) is 4.07. The average molecular weight is 415 g/mol. The SMILES string of the molecule is CCOC(=O)/C=C/c1ccc(NC(=O)CCCNC(=O)c2ccc(Cl)cc2)cc1. The first-order valence-corrected chi connectivity index (χ1v) is 9.64. The van der Waals surface area contributed by atoms with Crippen molar-refractivity contribution >= 4 is 41.1 Å². The number of amides is 2. The Morgan fingerprint density at radius 3 is 2.38 bits per heavy atom. The summed E-state index contributed by atoms with van der Waals surface area (Å²) < 4.78 is 4.82. The first-order chi connectivity index (χ1) is 14.0. The second-order valence-corrected chi connectivity index (χ2v) is 6.56. The van der Waals surface area contributed by atoms with Crippen LogP contribution in [0.25, 0.3) is 6.08 Å². The van der Waals surface area contributed by atoms with Crippen molar-refractivity contribution in [3.8, 4) is 0 Å². The fourth-order valence-electron chi connectivity index (χ4n) is 2.41. The number of anilines is 1. The van der Waals surface area contributed by atoms with E-state index < -0.39 is 5.97 Å². The number of benzene rings is 2. The van der Waals surface area contributed by atoms with Gasteiger partial charge in [-0.05, 0) is 61.4 Å². The van der Waals surface area contributed by atoms with Gasteiger partial charge in [-0.1, -0.05) is 23.7 Å². The van der Waals surface area contributed by atoms with Crippen molar-refractivity contribution in [2.24, 2.45) is 0 Å². The fourth-order valence-corrected chi connectivity index (χ4v) is 2.54. The number of carbonyl (C=O) groups is 3. The standard InChI is InChI=1S/C22H23ClN2O4/c1-2-29-21(27)14-7-16-5-12-19(13-6-16)25-20(26)4-3-15-24-22(28)17-8-10-18(23)11-9-17/h5-14H,2-4,15H2,1H3,(H,24,28)(H,25,26)/b14-7+. The summed E-state index contributed by atoms with van der Waals surface area (Å²) in [6, 6.07) is 13.7. The highest BCUT2D eigenvalue weighted by molar-refractivity contribution is 6.30. The lowest BCUT2D eigenvalue weighted by Crippen LogP contribution is -2.25. The second-order valence-electron chi connectivity index (χ2n) is 6.12. The number of halogens is 1. The molecule has 0 fully saturated rings. The van der Waals surface area contributed by atoms with E-state index in [1.54, 1.807) is 61.5 Å².